The molecule has 2 nitrogen and oxygen atoms in total. The molecule has 0 bridgehead atoms. The summed E-state index contributed by atoms with van der Waals surface area (Å²) in [5, 5.41) is 10.0. The molecule has 4 heteroatoms. The average molecular weight is 267 g/mol. The van der Waals surface area contributed by atoms with E-state index in [1.54, 1.807) is 11.8 Å². The summed E-state index contributed by atoms with van der Waals surface area (Å²) in [6, 6.07) is 4.27. The molecule has 17 heavy (non-hydrogen) atoms. The fraction of sp³-hybridized carbons (Fsp3) is 0.538. The number of hydrogen-bond donors (Lipinski definition) is 0. The van der Waals surface area contributed by atoms with Gasteiger partial charge in [-0.15, -0.1) is 23.4 Å². The van der Waals surface area contributed by atoms with E-state index >= 15 is 0 Å². The van der Waals surface area contributed by atoms with Crippen molar-refractivity contribution in [2.45, 2.75) is 31.2 Å². The molecule has 1 aliphatic carbocycles. The van der Waals surface area contributed by atoms with Crippen LogP contribution in [-0.2, 0) is 12.8 Å². The second-order valence-corrected chi connectivity index (χ2v) is 5.80. The van der Waals surface area contributed by atoms with Crippen LogP contribution in [0.15, 0.2) is 11.1 Å². The summed E-state index contributed by atoms with van der Waals surface area (Å²) in [5.74, 6) is 2.02. The molecule has 1 heterocycles. The summed E-state index contributed by atoms with van der Waals surface area (Å²) in [4.78, 5) is 4.63. The van der Waals surface area contributed by atoms with Crippen molar-refractivity contribution in [3.8, 4) is 6.07 Å². The van der Waals surface area contributed by atoms with E-state index in [4.69, 9.17) is 16.9 Å². The van der Waals surface area contributed by atoms with Gasteiger partial charge in [0.15, 0.2) is 0 Å². The first kappa shape index (κ1) is 12.7. The standard InChI is InChI=1S/C13H15ClN2S/c1-9(6-14)8-17-13-11(7-15)5-10-3-2-4-12(10)16-13/h5,9H,2-4,6,8H2,1H3. The van der Waals surface area contributed by atoms with E-state index in [0.29, 0.717) is 11.8 Å². The van der Waals surface area contributed by atoms with Crippen LogP contribution in [-0.4, -0.2) is 16.6 Å². The Balaban J connectivity index is 2.18. The molecular formula is C13H15ClN2S. The summed E-state index contributed by atoms with van der Waals surface area (Å²) in [6.07, 6.45) is 3.29. The molecule has 0 amide bonds. The molecule has 1 atom stereocenters. The number of rotatable bonds is 4. The highest BCUT2D eigenvalue weighted by molar-refractivity contribution is 7.99. The first-order valence-corrected chi connectivity index (χ1v) is 7.38. The highest BCUT2D eigenvalue weighted by atomic mass is 35.5. The molecule has 1 aromatic heterocycles. The molecule has 0 saturated carbocycles. The Bertz CT molecular complexity index is 453. The Kier molecular flexibility index (Phi) is 4.31. The van der Waals surface area contributed by atoms with Crippen LogP contribution in [0.1, 0.15) is 30.2 Å². The number of nitriles is 1. The van der Waals surface area contributed by atoms with Gasteiger partial charge in [-0.2, -0.15) is 5.26 Å². The van der Waals surface area contributed by atoms with Crippen molar-refractivity contribution in [3.05, 3.63) is 22.9 Å². The van der Waals surface area contributed by atoms with Gasteiger partial charge >= 0.3 is 0 Å². The Hall–Kier alpha value is -0.720. The van der Waals surface area contributed by atoms with Crippen molar-refractivity contribution in [1.29, 1.82) is 5.26 Å². The highest BCUT2D eigenvalue weighted by Gasteiger charge is 2.17. The summed E-state index contributed by atoms with van der Waals surface area (Å²) in [5.41, 5.74) is 3.17. The molecule has 0 aliphatic heterocycles. The van der Waals surface area contributed by atoms with Gasteiger partial charge in [-0.1, -0.05) is 6.92 Å². The van der Waals surface area contributed by atoms with E-state index in [0.717, 1.165) is 29.2 Å². The van der Waals surface area contributed by atoms with Gasteiger partial charge < -0.3 is 0 Å². The van der Waals surface area contributed by atoms with E-state index in [2.05, 4.69) is 18.0 Å². The molecular weight excluding hydrogens is 252 g/mol. The van der Waals surface area contributed by atoms with Crippen molar-refractivity contribution in [2.24, 2.45) is 5.92 Å². The lowest BCUT2D eigenvalue weighted by molar-refractivity contribution is 0.757. The van der Waals surface area contributed by atoms with Crippen molar-refractivity contribution in [2.75, 3.05) is 11.6 Å². The van der Waals surface area contributed by atoms with Gasteiger partial charge in [0.2, 0.25) is 0 Å². The summed E-state index contributed by atoms with van der Waals surface area (Å²) in [6.45, 7) is 2.11. The number of halogens is 1. The molecule has 2 rings (SSSR count). The van der Waals surface area contributed by atoms with Crippen molar-refractivity contribution in [3.63, 3.8) is 0 Å². The normalized spacial score (nSPS) is 15.4. The summed E-state index contributed by atoms with van der Waals surface area (Å²) in [7, 11) is 0. The molecule has 0 aromatic carbocycles. The van der Waals surface area contributed by atoms with Gasteiger partial charge in [-0.3, -0.25) is 0 Å². The van der Waals surface area contributed by atoms with E-state index in [1.165, 1.54) is 17.7 Å². The van der Waals surface area contributed by atoms with E-state index in [1.807, 2.05) is 6.07 Å². The quantitative estimate of drug-likeness (QED) is 0.619. The van der Waals surface area contributed by atoms with Crippen molar-refractivity contribution in [1.82, 2.24) is 4.98 Å². The zero-order chi connectivity index (χ0) is 12.3. The number of hydrogen-bond acceptors (Lipinski definition) is 3. The van der Waals surface area contributed by atoms with Crippen LogP contribution < -0.4 is 0 Å². The molecule has 0 saturated heterocycles. The lowest BCUT2D eigenvalue weighted by Crippen LogP contribution is -2.01. The predicted octanol–water partition coefficient (Wildman–Crippen LogP) is 3.41. The van der Waals surface area contributed by atoms with Gasteiger partial charge in [-0.05, 0) is 36.8 Å². The van der Waals surface area contributed by atoms with Gasteiger partial charge in [0.1, 0.15) is 11.1 Å². The molecule has 0 fully saturated rings. The first-order valence-electron chi connectivity index (χ1n) is 5.86. The smallest absolute Gasteiger partial charge is 0.114 e. The lowest BCUT2D eigenvalue weighted by atomic mass is 10.2. The van der Waals surface area contributed by atoms with Crippen LogP contribution in [0.4, 0.5) is 0 Å². The number of aromatic nitrogens is 1. The first-order chi connectivity index (χ1) is 8.24. The minimum Gasteiger partial charge on any atom is -0.245 e. The number of aryl methyl sites for hydroxylation is 2. The predicted molar refractivity (Wildman–Crippen MR) is 71.6 cm³/mol. The maximum Gasteiger partial charge on any atom is 0.114 e. The van der Waals surface area contributed by atoms with Crippen LogP contribution in [0.3, 0.4) is 0 Å². The third-order valence-corrected chi connectivity index (χ3v) is 4.75. The van der Waals surface area contributed by atoms with E-state index in [9.17, 15) is 0 Å². The summed E-state index contributed by atoms with van der Waals surface area (Å²) >= 11 is 7.44. The van der Waals surface area contributed by atoms with Crippen LogP contribution >= 0.6 is 23.4 Å². The Labute approximate surface area is 111 Å². The Morgan fingerprint density at radius 2 is 2.41 bits per heavy atom. The highest BCUT2D eigenvalue weighted by Crippen LogP contribution is 2.28. The van der Waals surface area contributed by atoms with Gasteiger partial charge in [0.25, 0.3) is 0 Å². The number of alkyl halides is 1. The van der Waals surface area contributed by atoms with E-state index in [-0.39, 0.29) is 0 Å². The third kappa shape index (κ3) is 2.94. The van der Waals surface area contributed by atoms with E-state index < -0.39 is 0 Å². The topological polar surface area (TPSA) is 36.7 Å². The minimum atomic E-state index is 0.447. The summed E-state index contributed by atoms with van der Waals surface area (Å²) < 4.78 is 0. The molecule has 0 radical (unpaired) electrons. The fourth-order valence-electron chi connectivity index (χ4n) is 1.91. The monoisotopic (exact) mass is 266 g/mol. The second-order valence-electron chi connectivity index (χ2n) is 4.48. The molecule has 1 aliphatic rings. The van der Waals surface area contributed by atoms with Gasteiger partial charge in [-0.25, -0.2) is 4.98 Å². The molecule has 1 aromatic rings. The zero-order valence-corrected chi connectivity index (χ0v) is 11.4. The largest absolute Gasteiger partial charge is 0.245 e. The van der Waals surface area contributed by atoms with Crippen LogP contribution in [0, 0.1) is 17.2 Å². The SMILES string of the molecule is CC(CCl)CSc1nc2c(cc1C#N)CCC2. The van der Waals surface area contributed by atoms with Gasteiger partial charge in [0.05, 0.1) is 5.56 Å². The van der Waals surface area contributed by atoms with Crippen LogP contribution in [0.2, 0.25) is 0 Å². The molecule has 0 spiro atoms. The van der Waals surface area contributed by atoms with Crippen molar-refractivity contribution < 1.29 is 0 Å². The number of nitrogens with zero attached hydrogens (tertiary/aromatic N) is 2. The van der Waals surface area contributed by atoms with Gasteiger partial charge in [0, 0.05) is 17.3 Å². The zero-order valence-electron chi connectivity index (χ0n) is 9.87. The van der Waals surface area contributed by atoms with Crippen molar-refractivity contribution >= 4 is 23.4 Å². The number of pyridine rings is 1. The molecule has 1 unspecified atom stereocenters. The van der Waals surface area contributed by atoms with Crippen LogP contribution in [0.25, 0.3) is 0 Å². The Morgan fingerprint density at radius 1 is 1.59 bits per heavy atom. The maximum atomic E-state index is 9.14. The molecule has 0 N–H and O–H groups in total. The maximum absolute atomic E-state index is 9.14. The number of thioether (sulfide) groups is 1. The third-order valence-electron chi connectivity index (χ3n) is 2.90. The lowest BCUT2D eigenvalue weighted by Gasteiger charge is -2.09. The second kappa shape index (κ2) is 5.75. The van der Waals surface area contributed by atoms with Crippen LogP contribution in [0.5, 0.6) is 0 Å². The Morgan fingerprint density at radius 3 is 3.12 bits per heavy atom. The minimum absolute atomic E-state index is 0.447. The average Bonchev–Trinajstić information content (AvgIpc) is 2.81. The number of fused-ring (bicyclic) bond motifs is 1. The molecule has 90 valence electrons. The fourth-order valence-corrected chi connectivity index (χ4v) is 3.14.